The summed E-state index contributed by atoms with van der Waals surface area (Å²) < 4.78 is 27.5. The van der Waals surface area contributed by atoms with Gasteiger partial charge in [-0.05, 0) is 56.6 Å². The molecule has 0 aliphatic carbocycles. The minimum absolute atomic E-state index is 0.00358. The van der Waals surface area contributed by atoms with Gasteiger partial charge in [0.05, 0.1) is 11.1 Å². The highest BCUT2D eigenvalue weighted by Gasteiger charge is 2.29. The van der Waals surface area contributed by atoms with E-state index in [4.69, 9.17) is 11.6 Å². The summed E-state index contributed by atoms with van der Waals surface area (Å²) in [5.74, 6) is -0.319. The van der Waals surface area contributed by atoms with Crippen molar-refractivity contribution in [2.45, 2.75) is 30.2 Å². The maximum Gasteiger partial charge on any atom is 0.251 e. The lowest BCUT2D eigenvalue weighted by molar-refractivity contribution is 0.0942. The number of nitrogens with one attached hydrogen (secondary N) is 1. The molecule has 1 unspecified atom stereocenters. The molecule has 0 radical (unpaired) electrons. The standard InChI is InChI=1S/C20H26ClN3O3S2/c1-23(2)17(18-7-6-12-28-18)14-22-20(25)15-8-9-16(21)19(13-15)29(26,27)24-10-4-3-5-11-24/h6-9,12-13,17H,3-5,10-11,14H2,1-2H3,(H,22,25). The maximum absolute atomic E-state index is 13.0. The van der Waals surface area contributed by atoms with Gasteiger partial charge in [0, 0.05) is 30.1 Å². The Bertz CT molecular complexity index is 940. The number of halogens is 1. The summed E-state index contributed by atoms with van der Waals surface area (Å²) in [6.07, 6.45) is 2.71. The molecule has 158 valence electrons. The van der Waals surface area contributed by atoms with Crippen LogP contribution < -0.4 is 5.32 Å². The third-order valence-corrected chi connectivity index (χ3v) is 8.43. The summed E-state index contributed by atoms with van der Waals surface area (Å²) in [5.41, 5.74) is 0.286. The van der Waals surface area contributed by atoms with Crippen LogP contribution in [0.4, 0.5) is 0 Å². The smallest absolute Gasteiger partial charge is 0.251 e. The van der Waals surface area contributed by atoms with E-state index in [1.54, 1.807) is 17.4 Å². The molecule has 1 amide bonds. The van der Waals surface area contributed by atoms with Crippen LogP contribution in [0.2, 0.25) is 5.02 Å². The molecular weight excluding hydrogens is 430 g/mol. The highest BCUT2D eigenvalue weighted by Crippen LogP contribution is 2.28. The summed E-state index contributed by atoms with van der Waals surface area (Å²) in [6, 6.07) is 8.49. The van der Waals surface area contributed by atoms with Crippen molar-refractivity contribution in [3.05, 3.63) is 51.2 Å². The molecule has 9 heteroatoms. The van der Waals surface area contributed by atoms with Gasteiger partial charge in [-0.25, -0.2) is 8.42 Å². The average Bonchev–Trinajstić information content (AvgIpc) is 3.23. The Labute approximate surface area is 181 Å². The fourth-order valence-electron chi connectivity index (χ4n) is 3.40. The van der Waals surface area contributed by atoms with Gasteiger partial charge < -0.3 is 10.2 Å². The summed E-state index contributed by atoms with van der Waals surface area (Å²) in [7, 11) is 0.207. The molecule has 1 N–H and O–H groups in total. The van der Waals surface area contributed by atoms with E-state index in [9.17, 15) is 13.2 Å². The van der Waals surface area contributed by atoms with E-state index in [1.165, 1.54) is 16.4 Å². The van der Waals surface area contributed by atoms with E-state index < -0.39 is 10.0 Å². The Morgan fingerprint density at radius 1 is 1.24 bits per heavy atom. The van der Waals surface area contributed by atoms with Crippen molar-refractivity contribution in [1.82, 2.24) is 14.5 Å². The monoisotopic (exact) mass is 455 g/mol. The average molecular weight is 456 g/mol. The van der Waals surface area contributed by atoms with Crippen LogP contribution in [0.3, 0.4) is 0 Å². The van der Waals surface area contributed by atoms with Crippen molar-refractivity contribution in [1.29, 1.82) is 0 Å². The van der Waals surface area contributed by atoms with Gasteiger partial charge in [-0.15, -0.1) is 11.3 Å². The van der Waals surface area contributed by atoms with Crippen molar-refractivity contribution < 1.29 is 13.2 Å². The molecule has 0 saturated carbocycles. The molecule has 1 fully saturated rings. The van der Waals surface area contributed by atoms with Gasteiger partial charge >= 0.3 is 0 Å². The van der Waals surface area contributed by atoms with E-state index in [0.717, 1.165) is 24.1 Å². The van der Waals surface area contributed by atoms with Crippen molar-refractivity contribution in [2.75, 3.05) is 33.7 Å². The van der Waals surface area contributed by atoms with Crippen LogP contribution >= 0.6 is 22.9 Å². The minimum Gasteiger partial charge on any atom is -0.350 e. The number of hydrogen-bond acceptors (Lipinski definition) is 5. The van der Waals surface area contributed by atoms with Crippen molar-refractivity contribution in [2.24, 2.45) is 0 Å². The molecule has 1 atom stereocenters. The maximum atomic E-state index is 13.0. The van der Waals surface area contributed by atoms with Gasteiger partial charge in [-0.3, -0.25) is 4.79 Å². The zero-order valence-corrected chi connectivity index (χ0v) is 19.0. The Morgan fingerprint density at radius 3 is 2.59 bits per heavy atom. The topological polar surface area (TPSA) is 69.7 Å². The Morgan fingerprint density at radius 2 is 1.97 bits per heavy atom. The van der Waals surface area contributed by atoms with Crippen LogP contribution in [0.15, 0.2) is 40.6 Å². The SMILES string of the molecule is CN(C)C(CNC(=O)c1ccc(Cl)c(S(=O)(=O)N2CCCCC2)c1)c1cccs1. The van der Waals surface area contributed by atoms with Gasteiger partial charge in [0.25, 0.3) is 5.91 Å². The number of likely N-dealkylation sites (N-methyl/N-ethyl adjacent to an activating group) is 1. The Hall–Kier alpha value is -1.45. The first-order chi connectivity index (χ1) is 13.8. The fourth-order valence-corrected chi connectivity index (χ4v) is 6.34. The predicted octanol–water partition coefficient (Wildman–Crippen LogP) is 3.61. The molecule has 2 heterocycles. The number of hydrogen-bond donors (Lipinski definition) is 1. The van der Waals surface area contributed by atoms with Crippen molar-refractivity contribution >= 4 is 38.9 Å². The molecule has 1 aromatic carbocycles. The molecule has 2 aromatic rings. The number of carbonyl (C=O) groups excluding carboxylic acids is 1. The zero-order chi connectivity index (χ0) is 21.0. The number of benzene rings is 1. The summed E-state index contributed by atoms with van der Waals surface area (Å²) >= 11 is 7.83. The first-order valence-electron chi connectivity index (χ1n) is 9.58. The highest BCUT2D eigenvalue weighted by molar-refractivity contribution is 7.89. The number of sulfonamides is 1. The summed E-state index contributed by atoms with van der Waals surface area (Å²) in [6.45, 7) is 1.39. The fraction of sp³-hybridized carbons (Fsp3) is 0.450. The van der Waals surface area contributed by atoms with Gasteiger partial charge in [-0.1, -0.05) is 24.1 Å². The van der Waals surface area contributed by atoms with Crippen LogP contribution in [0.1, 0.15) is 40.5 Å². The zero-order valence-electron chi connectivity index (χ0n) is 16.6. The predicted molar refractivity (Wildman–Crippen MR) is 117 cm³/mol. The molecule has 3 rings (SSSR count). The van der Waals surface area contributed by atoms with Crippen LogP contribution in [-0.2, 0) is 10.0 Å². The lowest BCUT2D eigenvalue weighted by atomic mass is 10.2. The van der Waals surface area contributed by atoms with E-state index in [1.807, 2.05) is 36.5 Å². The lowest BCUT2D eigenvalue weighted by Crippen LogP contribution is -2.36. The second kappa shape index (κ2) is 9.57. The molecule has 1 aliphatic heterocycles. The number of carbonyl (C=O) groups is 1. The molecular formula is C20H26ClN3O3S2. The van der Waals surface area contributed by atoms with Crippen molar-refractivity contribution in [3.63, 3.8) is 0 Å². The van der Waals surface area contributed by atoms with Crippen molar-refractivity contribution in [3.8, 4) is 0 Å². The highest BCUT2D eigenvalue weighted by atomic mass is 35.5. The first kappa shape index (κ1) is 22.2. The largest absolute Gasteiger partial charge is 0.350 e. The van der Waals surface area contributed by atoms with Crippen LogP contribution in [0, 0.1) is 0 Å². The summed E-state index contributed by atoms with van der Waals surface area (Å²) in [4.78, 5) is 15.9. The molecule has 1 saturated heterocycles. The van der Waals surface area contributed by atoms with Gasteiger partial charge in [0.2, 0.25) is 10.0 Å². The number of thiophene rings is 1. The van der Waals surface area contributed by atoms with E-state index >= 15 is 0 Å². The molecule has 0 bridgehead atoms. The Balaban J connectivity index is 1.77. The van der Waals surface area contributed by atoms with Gasteiger partial charge in [0.1, 0.15) is 4.90 Å². The van der Waals surface area contributed by atoms with Crippen LogP contribution in [-0.4, -0.2) is 57.3 Å². The first-order valence-corrected chi connectivity index (χ1v) is 12.3. The summed E-state index contributed by atoms with van der Waals surface area (Å²) in [5, 5.41) is 5.06. The second-order valence-corrected chi connectivity index (χ2v) is 10.6. The van der Waals surface area contributed by atoms with Gasteiger partial charge in [0.15, 0.2) is 0 Å². The number of nitrogens with zero attached hydrogens (tertiary/aromatic N) is 2. The van der Waals surface area contributed by atoms with E-state index in [0.29, 0.717) is 19.6 Å². The minimum atomic E-state index is -3.71. The second-order valence-electron chi connectivity index (χ2n) is 7.31. The molecule has 6 nitrogen and oxygen atoms in total. The number of piperidine rings is 1. The third kappa shape index (κ3) is 5.19. The molecule has 1 aliphatic rings. The molecule has 0 spiro atoms. The number of rotatable bonds is 7. The van der Waals surface area contributed by atoms with E-state index in [-0.39, 0.29) is 27.4 Å². The molecule has 1 aromatic heterocycles. The molecule has 29 heavy (non-hydrogen) atoms. The Kier molecular flexibility index (Phi) is 7.34. The van der Waals surface area contributed by atoms with Gasteiger partial charge in [-0.2, -0.15) is 4.31 Å². The number of amides is 1. The quantitative estimate of drug-likeness (QED) is 0.692. The van der Waals surface area contributed by atoms with E-state index in [2.05, 4.69) is 5.32 Å². The third-order valence-electron chi connectivity index (χ3n) is 5.08. The lowest BCUT2D eigenvalue weighted by Gasteiger charge is -2.26. The van der Waals surface area contributed by atoms with Crippen LogP contribution in [0.5, 0.6) is 0 Å². The van der Waals surface area contributed by atoms with Crippen LogP contribution in [0.25, 0.3) is 0 Å². The normalized spacial score (nSPS) is 16.7.